The summed E-state index contributed by atoms with van der Waals surface area (Å²) in [5.41, 5.74) is 1.58. The highest BCUT2D eigenvalue weighted by atomic mass is 35.5. The molecule has 2 aromatic carbocycles. The summed E-state index contributed by atoms with van der Waals surface area (Å²) in [6.45, 7) is 0.404. The number of fused-ring (bicyclic) bond motifs is 1. The van der Waals surface area contributed by atoms with Crippen molar-refractivity contribution in [2.75, 3.05) is 11.5 Å². The van der Waals surface area contributed by atoms with Gasteiger partial charge < -0.3 is 4.90 Å². The summed E-state index contributed by atoms with van der Waals surface area (Å²) in [5, 5.41) is 1.54. The Morgan fingerprint density at radius 1 is 1.03 bits per heavy atom. The monoisotopic (exact) mass is 468 g/mol. The van der Waals surface area contributed by atoms with E-state index in [1.165, 1.54) is 11.8 Å². The fourth-order valence-corrected chi connectivity index (χ4v) is 7.95. The van der Waals surface area contributed by atoms with E-state index in [0.717, 1.165) is 5.56 Å². The quantitative estimate of drug-likeness (QED) is 0.681. The molecule has 2 aliphatic heterocycles. The van der Waals surface area contributed by atoms with Crippen molar-refractivity contribution in [2.45, 2.75) is 24.3 Å². The second kappa shape index (κ2) is 8.30. The predicted molar refractivity (Wildman–Crippen MR) is 118 cm³/mol. The molecule has 2 heterocycles. The fourth-order valence-electron chi connectivity index (χ4n) is 3.58. The van der Waals surface area contributed by atoms with Crippen LogP contribution in [0.2, 0.25) is 10.0 Å². The van der Waals surface area contributed by atoms with Crippen LogP contribution in [0.3, 0.4) is 0 Å². The van der Waals surface area contributed by atoms with Crippen LogP contribution >= 0.6 is 35.0 Å². The van der Waals surface area contributed by atoms with E-state index in [0.29, 0.717) is 27.3 Å². The highest BCUT2D eigenvalue weighted by Gasteiger charge is 2.48. The Bertz CT molecular complexity index is 1090. The Morgan fingerprint density at radius 2 is 1.66 bits per heavy atom. The average Bonchev–Trinajstić information content (AvgIpc) is 3.11. The van der Waals surface area contributed by atoms with Crippen molar-refractivity contribution in [1.29, 1.82) is 0 Å². The fraction of sp³-hybridized carbons (Fsp3) is 0.300. The molecule has 2 atom stereocenters. The molecule has 5 nitrogen and oxygen atoms in total. The summed E-state index contributed by atoms with van der Waals surface area (Å²) in [7, 11) is -3.10. The van der Waals surface area contributed by atoms with Gasteiger partial charge >= 0.3 is 0 Å². The van der Waals surface area contributed by atoms with Gasteiger partial charge in [-0.2, -0.15) is 4.99 Å². The van der Waals surface area contributed by atoms with E-state index < -0.39 is 9.84 Å². The standard InChI is InChI=1S/C20H18Cl2N2O3S2/c21-15-7-3-1-5-13(15)9-19(25)23-20-24(10-14-6-2-4-8-16(14)22)17-11-29(26,27)12-18(17)28-20/h1-8,17-18H,9-12H2/t17-,18-/m1/s1. The Labute approximate surface area is 184 Å². The molecule has 0 saturated carbocycles. The minimum absolute atomic E-state index is 0.0623. The van der Waals surface area contributed by atoms with Crippen molar-refractivity contribution in [3.63, 3.8) is 0 Å². The molecule has 0 N–H and O–H groups in total. The third-order valence-electron chi connectivity index (χ3n) is 4.99. The van der Waals surface area contributed by atoms with Gasteiger partial charge in [0, 0.05) is 21.8 Å². The van der Waals surface area contributed by atoms with Gasteiger partial charge in [-0.15, -0.1) is 0 Å². The van der Waals surface area contributed by atoms with Crippen LogP contribution < -0.4 is 0 Å². The van der Waals surface area contributed by atoms with Crippen LogP contribution in [-0.2, 0) is 27.6 Å². The number of sulfone groups is 1. The van der Waals surface area contributed by atoms with Crippen LogP contribution in [0.25, 0.3) is 0 Å². The number of hydrogen-bond acceptors (Lipinski definition) is 4. The largest absolute Gasteiger partial charge is 0.342 e. The maximum absolute atomic E-state index is 12.6. The molecule has 4 rings (SSSR count). The third-order valence-corrected chi connectivity index (χ3v) is 8.98. The first-order valence-electron chi connectivity index (χ1n) is 9.04. The molecule has 0 aliphatic carbocycles. The molecule has 2 aromatic rings. The van der Waals surface area contributed by atoms with Crippen molar-refractivity contribution in [3.05, 3.63) is 69.7 Å². The Morgan fingerprint density at radius 3 is 2.31 bits per heavy atom. The molecule has 0 radical (unpaired) electrons. The SMILES string of the molecule is O=C(Cc1ccccc1Cl)N=C1S[C@@H]2CS(=O)(=O)C[C@H]2N1Cc1ccccc1Cl. The highest BCUT2D eigenvalue weighted by molar-refractivity contribution is 8.15. The number of halogens is 2. The number of rotatable bonds is 4. The normalized spacial score (nSPS) is 24.1. The minimum Gasteiger partial charge on any atom is -0.342 e. The number of aliphatic imine (C=N–C) groups is 1. The molecular weight excluding hydrogens is 451 g/mol. The van der Waals surface area contributed by atoms with Crippen LogP contribution in [-0.4, -0.2) is 47.2 Å². The van der Waals surface area contributed by atoms with E-state index in [2.05, 4.69) is 4.99 Å². The Kier molecular flexibility index (Phi) is 5.93. The smallest absolute Gasteiger partial charge is 0.252 e. The summed E-state index contributed by atoms with van der Waals surface area (Å²) in [6, 6.07) is 14.4. The molecule has 0 bridgehead atoms. The number of hydrogen-bond donors (Lipinski definition) is 0. The number of nitrogens with zero attached hydrogens (tertiary/aromatic N) is 2. The summed E-state index contributed by atoms with van der Waals surface area (Å²) in [5.74, 6) is -0.154. The lowest BCUT2D eigenvalue weighted by Crippen LogP contribution is -2.37. The summed E-state index contributed by atoms with van der Waals surface area (Å²) in [6.07, 6.45) is 0.0945. The maximum Gasteiger partial charge on any atom is 0.252 e. The highest BCUT2D eigenvalue weighted by Crippen LogP contribution is 2.39. The molecule has 2 saturated heterocycles. The molecular formula is C20H18Cl2N2O3S2. The molecule has 0 unspecified atom stereocenters. The van der Waals surface area contributed by atoms with Gasteiger partial charge in [0.2, 0.25) is 0 Å². The topological polar surface area (TPSA) is 66.8 Å². The number of amides is 1. The number of carbonyl (C=O) groups is 1. The van der Waals surface area contributed by atoms with Crippen molar-refractivity contribution < 1.29 is 13.2 Å². The van der Waals surface area contributed by atoms with E-state index in [1.807, 2.05) is 35.2 Å². The first kappa shape index (κ1) is 20.7. The van der Waals surface area contributed by atoms with Crippen molar-refractivity contribution in [3.8, 4) is 0 Å². The first-order chi connectivity index (χ1) is 13.8. The summed E-state index contributed by atoms with van der Waals surface area (Å²) in [4.78, 5) is 18.8. The van der Waals surface area contributed by atoms with Crippen LogP contribution in [0, 0.1) is 0 Å². The molecule has 2 aliphatic rings. The predicted octanol–water partition coefficient (Wildman–Crippen LogP) is 3.83. The third kappa shape index (κ3) is 4.63. The van der Waals surface area contributed by atoms with Crippen molar-refractivity contribution in [1.82, 2.24) is 4.90 Å². The summed E-state index contributed by atoms with van der Waals surface area (Å²) < 4.78 is 24.3. The zero-order valence-corrected chi connectivity index (χ0v) is 18.4. The molecule has 0 spiro atoms. The van der Waals surface area contributed by atoms with E-state index in [9.17, 15) is 13.2 Å². The molecule has 0 aromatic heterocycles. The van der Waals surface area contributed by atoms with Crippen molar-refractivity contribution >= 4 is 55.9 Å². The van der Waals surface area contributed by atoms with Crippen LogP contribution in [0.15, 0.2) is 53.5 Å². The Hall–Kier alpha value is -1.54. The lowest BCUT2D eigenvalue weighted by molar-refractivity contribution is -0.117. The van der Waals surface area contributed by atoms with Gasteiger partial charge in [0.15, 0.2) is 15.0 Å². The zero-order valence-electron chi connectivity index (χ0n) is 15.3. The van der Waals surface area contributed by atoms with Crippen LogP contribution in [0.5, 0.6) is 0 Å². The van der Waals surface area contributed by atoms with Gasteiger partial charge in [0.25, 0.3) is 5.91 Å². The number of amidine groups is 1. The second-order valence-electron chi connectivity index (χ2n) is 7.08. The van der Waals surface area contributed by atoms with Gasteiger partial charge in [-0.1, -0.05) is 71.4 Å². The van der Waals surface area contributed by atoms with Gasteiger partial charge in [-0.25, -0.2) is 8.42 Å². The molecule has 1 amide bonds. The zero-order chi connectivity index (χ0) is 20.6. The van der Waals surface area contributed by atoms with E-state index in [1.54, 1.807) is 18.2 Å². The first-order valence-corrected chi connectivity index (χ1v) is 12.5. The van der Waals surface area contributed by atoms with Crippen molar-refractivity contribution in [2.24, 2.45) is 4.99 Å². The maximum atomic E-state index is 12.6. The van der Waals surface area contributed by atoms with E-state index >= 15 is 0 Å². The molecule has 152 valence electrons. The van der Waals surface area contributed by atoms with Gasteiger partial charge in [0.1, 0.15) is 0 Å². The van der Waals surface area contributed by atoms with Gasteiger partial charge in [0.05, 0.1) is 24.0 Å². The molecule has 2 fully saturated rings. The number of benzene rings is 2. The lowest BCUT2D eigenvalue weighted by atomic mass is 10.1. The second-order valence-corrected chi connectivity index (χ2v) is 11.3. The summed E-state index contributed by atoms with van der Waals surface area (Å²) >= 11 is 13.8. The minimum atomic E-state index is -3.10. The lowest BCUT2D eigenvalue weighted by Gasteiger charge is -2.25. The number of thioether (sulfide) groups is 1. The van der Waals surface area contributed by atoms with Crippen LogP contribution in [0.1, 0.15) is 11.1 Å². The molecule has 29 heavy (non-hydrogen) atoms. The number of carbonyl (C=O) groups excluding carboxylic acids is 1. The molecule has 9 heteroatoms. The van der Waals surface area contributed by atoms with Gasteiger partial charge in [-0.05, 0) is 23.3 Å². The van der Waals surface area contributed by atoms with E-state index in [-0.39, 0.29) is 35.1 Å². The Balaban J connectivity index is 1.60. The van der Waals surface area contributed by atoms with Crippen LogP contribution in [0.4, 0.5) is 0 Å². The average molecular weight is 469 g/mol. The van der Waals surface area contributed by atoms with Gasteiger partial charge in [-0.3, -0.25) is 4.79 Å². The van der Waals surface area contributed by atoms with E-state index in [4.69, 9.17) is 23.2 Å².